The molecule has 128 valence electrons. The SMILES string of the molecule is CN1C(=O)C[C@@H]2CN(Cc3ccc(-c4ccccc4C#N)o3)CC[C@@H]21. The smallest absolute Gasteiger partial charge is 0.222 e. The molecule has 2 fully saturated rings. The second-order valence-electron chi connectivity index (χ2n) is 6.98. The van der Waals surface area contributed by atoms with Crippen LogP contribution in [0.25, 0.3) is 11.3 Å². The Bertz CT molecular complexity index is 835. The zero-order valence-electron chi connectivity index (χ0n) is 14.3. The van der Waals surface area contributed by atoms with Crippen molar-refractivity contribution in [2.24, 2.45) is 5.92 Å². The van der Waals surface area contributed by atoms with Crippen molar-refractivity contribution in [3.05, 3.63) is 47.7 Å². The van der Waals surface area contributed by atoms with Gasteiger partial charge in [0.2, 0.25) is 5.91 Å². The van der Waals surface area contributed by atoms with Gasteiger partial charge in [-0.25, -0.2) is 0 Å². The summed E-state index contributed by atoms with van der Waals surface area (Å²) in [5.41, 5.74) is 1.45. The highest BCUT2D eigenvalue weighted by Gasteiger charge is 2.40. The highest BCUT2D eigenvalue weighted by molar-refractivity contribution is 5.79. The molecule has 25 heavy (non-hydrogen) atoms. The van der Waals surface area contributed by atoms with Crippen molar-refractivity contribution in [3.63, 3.8) is 0 Å². The van der Waals surface area contributed by atoms with E-state index in [4.69, 9.17) is 4.42 Å². The Morgan fingerprint density at radius 1 is 1.28 bits per heavy atom. The molecule has 4 rings (SSSR count). The quantitative estimate of drug-likeness (QED) is 0.865. The van der Waals surface area contributed by atoms with Gasteiger partial charge in [-0.2, -0.15) is 5.26 Å². The third-order valence-corrected chi connectivity index (χ3v) is 5.46. The number of fused-ring (bicyclic) bond motifs is 1. The van der Waals surface area contributed by atoms with Gasteiger partial charge in [0.15, 0.2) is 0 Å². The van der Waals surface area contributed by atoms with Crippen molar-refractivity contribution in [2.45, 2.75) is 25.4 Å². The van der Waals surface area contributed by atoms with E-state index in [1.807, 2.05) is 42.3 Å². The minimum absolute atomic E-state index is 0.269. The first kappa shape index (κ1) is 15.9. The van der Waals surface area contributed by atoms with Crippen molar-refractivity contribution in [1.29, 1.82) is 5.26 Å². The van der Waals surface area contributed by atoms with Crippen molar-refractivity contribution in [3.8, 4) is 17.4 Å². The number of piperidine rings is 1. The topological polar surface area (TPSA) is 60.5 Å². The number of amides is 1. The number of likely N-dealkylation sites (tertiary alicyclic amines) is 2. The van der Waals surface area contributed by atoms with Crippen LogP contribution in [0.15, 0.2) is 40.8 Å². The number of rotatable bonds is 3. The average Bonchev–Trinajstić information content (AvgIpc) is 3.20. The van der Waals surface area contributed by atoms with E-state index < -0.39 is 0 Å². The molecule has 0 N–H and O–H groups in total. The van der Waals surface area contributed by atoms with Gasteiger partial charge in [-0.3, -0.25) is 9.69 Å². The van der Waals surface area contributed by atoms with Gasteiger partial charge in [0.25, 0.3) is 0 Å². The summed E-state index contributed by atoms with van der Waals surface area (Å²) >= 11 is 0. The highest BCUT2D eigenvalue weighted by atomic mass is 16.3. The van der Waals surface area contributed by atoms with E-state index in [9.17, 15) is 10.1 Å². The van der Waals surface area contributed by atoms with Crippen LogP contribution in [0.4, 0.5) is 0 Å². The van der Waals surface area contributed by atoms with Crippen LogP contribution in [0.2, 0.25) is 0 Å². The Balaban J connectivity index is 1.46. The molecular weight excluding hydrogens is 314 g/mol. The van der Waals surface area contributed by atoms with Gasteiger partial charge >= 0.3 is 0 Å². The second kappa shape index (κ2) is 6.38. The van der Waals surface area contributed by atoms with Gasteiger partial charge in [-0.15, -0.1) is 0 Å². The Kier molecular flexibility index (Phi) is 4.06. The van der Waals surface area contributed by atoms with Crippen LogP contribution in [-0.2, 0) is 11.3 Å². The number of hydrogen-bond acceptors (Lipinski definition) is 4. The molecule has 1 aromatic heterocycles. The van der Waals surface area contributed by atoms with E-state index in [-0.39, 0.29) is 5.91 Å². The molecule has 5 nitrogen and oxygen atoms in total. The third kappa shape index (κ3) is 2.94. The first-order valence-electron chi connectivity index (χ1n) is 8.72. The summed E-state index contributed by atoms with van der Waals surface area (Å²) in [6.07, 6.45) is 1.69. The maximum Gasteiger partial charge on any atom is 0.222 e. The monoisotopic (exact) mass is 335 g/mol. The average molecular weight is 335 g/mol. The Hall–Kier alpha value is -2.58. The number of carbonyl (C=O) groups is 1. The molecule has 0 aliphatic carbocycles. The summed E-state index contributed by atoms with van der Waals surface area (Å²) in [7, 11) is 1.92. The molecule has 1 amide bonds. The number of nitrogens with zero attached hydrogens (tertiary/aromatic N) is 3. The molecule has 3 heterocycles. The lowest BCUT2D eigenvalue weighted by atomic mass is 9.93. The van der Waals surface area contributed by atoms with Crippen LogP contribution in [0.5, 0.6) is 0 Å². The molecule has 5 heteroatoms. The van der Waals surface area contributed by atoms with E-state index in [0.29, 0.717) is 23.9 Å². The van der Waals surface area contributed by atoms with E-state index in [1.165, 1.54) is 0 Å². The minimum Gasteiger partial charge on any atom is -0.460 e. The molecular formula is C20H21N3O2. The lowest BCUT2D eigenvalue weighted by Gasteiger charge is -2.36. The van der Waals surface area contributed by atoms with Crippen LogP contribution in [0.1, 0.15) is 24.2 Å². The lowest BCUT2D eigenvalue weighted by Crippen LogP contribution is -2.44. The van der Waals surface area contributed by atoms with E-state index >= 15 is 0 Å². The second-order valence-corrected chi connectivity index (χ2v) is 6.98. The maximum atomic E-state index is 11.9. The van der Waals surface area contributed by atoms with Crippen LogP contribution < -0.4 is 0 Å². The normalized spacial score (nSPS) is 23.5. The molecule has 2 aliphatic heterocycles. The molecule has 0 unspecified atom stereocenters. The van der Waals surface area contributed by atoms with E-state index in [2.05, 4.69) is 11.0 Å². The molecule has 0 saturated carbocycles. The zero-order valence-corrected chi connectivity index (χ0v) is 14.3. The predicted octanol–water partition coefficient (Wildman–Crippen LogP) is 2.87. The summed E-state index contributed by atoms with van der Waals surface area (Å²) in [5.74, 6) is 2.34. The fraction of sp³-hybridized carbons (Fsp3) is 0.400. The molecule has 0 bridgehead atoms. The van der Waals surface area contributed by atoms with Crippen LogP contribution in [0, 0.1) is 17.2 Å². The fourth-order valence-corrected chi connectivity index (χ4v) is 4.13. The number of furan rings is 1. The molecule has 2 aromatic rings. The molecule has 0 radical (unpaired) electrons. The zero-order chi connectivity index (χ0) is 17.4. The Labute approximate surface area is 147 Å². The predicted molar refractivity (Wildman–Crippen MR) is 93.4 cm³/mol. The van der Waals surface area contributed by atoms with Crippen molar-refractivity contribution in [2.75, 3.05) is 20.1 Å². The summed E-state index contributed by atoms with van der Waals surface area (Å²) in [4.78, 5) is 16.2. The Morgan fingerprint density at radius 2 is 2.12 bits per heavy atom. The number of carbonyl (C=O) groups excluding carboxylic acids is 1. The summed E-state index contributed by atoms with van der Waals surface area (Å²) in [5, 5.41) is 9.25. The molecule has 1 aromatic carbocycles. The van der Waals surface area contributed by atoms with Crippen LogP contribution in [-0.4, -0.2) is 41.9 Å². The van der Waals surface area contributed by atoms with Crippen molar-refractivity contribution in [1.82, 2.24) is 9.80 Å². The van der Waals surface area contributed by atoms with Gasteiger partial charge < -0.3 is 9.32 Å². The van der Waals surface area contributed by atoms with Gasteiger partial charge in [0.05, 0.1) is 18.2 Å². The molecule has 0 spiro atoms. The van der Waals surface area contributed by atoms with Crippen LogP contribution >= 0.6 is 0 Å². The first-order valence-corrected chi connectivity index (χ1v) is 8.72. The summed E-state index contributed by atoms with van der Waals surface area (Å²) in [6, 6.07) is 14.0. The van der Waals surface area contributed by atoms with Gasteiger partial charge in [-0.1, -0.05) is 12.1 Å². The van der Waals surface area contributed by atoms with Crippen molar-refractivity contribution >= 4 is 5.91 Å². The number of benzene rings is 1. The number of hydrogen-bond donors (Lipinski definition) is 0. The maximum absolute atomic E-state index is 11.9. The summed E-state index contributed by atoms with van der Waals surface area (Å²) < 4.78 is 6.00. The standard InChI is InChI=1S/C20H21N3O2/c1-22-18-8-9-23(12-15(18)10-20(22)24)13-16-6-7-19(25-16)17-5-3-2-4-14(17)11-21/h2-7,15,18H,8-10,12-13H2,1H3/t15-,18+/m1/s1. The lowest BCUT2D eigenvalue weighted by molar-refractivity contribution is -0.127. The molecule has 2 atom stereocenters. The van der Waals surface area contributed by atoms with Gasteiger partial charge in [0.1, 0.15) is 11.5 Å². The third-order valence-electron chi connectivity index (χ3n) is 5.46. The largest absolute Gasteiger partial charge is 0.460 e. The van der Waals surface area contributed by atoms with Crippen molar-refractivity contribution < 1.29 is 9.21 Å². The molecule has 2 aliphatic rings. The minimum atomic E-state index is 0.269. The van der Waals surface area contributed by atoms with E-state index in [1.54, 1.807) is 6.07 Å². The highest BCUT2D eigenvalue weighted by Crippen LogP contribution is 2.32. The first-order chi connectivity index (χ1) is 12.2. The molecule has 2 saturated heterocycles. The van der Waals surface area contributed by atoms with Gasteiger partial charge in [0, 0.05) is 44.1 Å². The Morgan fingerprint density at radius 3 is 2.96 bits per heavy atom. The number of nitriles is 1. The van der Waals surface area contributed by atoms with E-state index in [0.717, 1.165) is 43.1 Å². The summed E-state index contributed by atoms with van der Waals surface area (Å²) in [6.45, 7) is 2.66. The van der Waals surface area contributed by atoms with Crippen LogP contribution in [0.3, 0.4) is 0 Å². The fourth-order valence-electron chi connectivity index (χ4n) is 4.13. The van der Waals surface area contributed by atoms with Gasteiger partial charge in [-0.05, 0) is 30.7 Å².